The van der Waals surface area contributed by atoms with Gasteiger partial charge < -0.3 is 9.84 Å². The Balaban J connectivity index is 1.98. The third kappa shape index (κ3) is 2.81. The molecule has 2 aromatic heterocycles. The third-order valence-electron chi connectivity index (χ3n) is 2.63. The molecule has 0 aliphatic carbocycles. The Bertz CT molecular complexity index is 800. The summed E-state index contributed by atoms with van der Waals surface area (Å²) < 4.78 is 7.02. The molecule has 0 fully saturated rings. The molecule has 3 rings (SSSR count). The van der Waals surface area contributed by atoms with Crippen molar-refractivity contribution in [3.8, 4) is 28.0 Å². The summed E-state index contributed by atoms with van der Waals surface area (Å²) in [6.45, 7) is 0.329. The lowest BCUT2D eigenvalue weighted by molar-refractivity contribution is -0.120. The summed E-state index contributed by atoms with van der Waals surface area (Å²) in [6.07, 6.45) is 1.75. The van der Waals surface area contributed by atoms with E-state index in [0.29, 0.717) is 17.3 Å². The second kappa shape index (κ2) is 5.66. The van der Waals surface area contributed by atoms with Crippen LogP contribution >= 0.6 is 27.3 Å². The smallest absolute Gasteiger partial charge is 0.299 e. The number of benzene rings is 1. The maximum absolute atomic E-state index is 10.3. The summed E-state index contributed by atoms with van der Waals surface area (Å²) in [7, 11) is 0. The number of phenolic OH excluding ortho intramolecular Hbond substituents is 1. The zero-order chi connectivity index (χ0) is 14.8. The Morgan fingerprint density at radius 3 is 3.05 bits per heavy atom. The summed E-state index contributed by atoms with van der Waals surface area (Å²) in [5.41, 5.74) is 1.46. The predicted octanol–water partition coefficient (Wildman–Crippen LogP) is 3.00. The van der Waals surface area contributed by atoms with Crippen molar-refractivity contribution < 1.29 is 14.6 Å². The first kappa shape index (κ1) is 13.8. The van der Waals surface area contributed by atoms with Crippen LogP contribution in [0.1, 0.15) is 0 Å². The van der Waals surface area contributed by atoms with Crippen LogP contribution < -0.4 is 4.74 Å². The fourth-order valence-corrected chi connectivity index (χ4v) is 2.92. The fraction of sp³-hybridized carbons (Fsp3) is 0. The van der Waals surface area contributed by atoms with Crippen molar-refractivity contribution in [3.05, 3.63) is 40.3 Å². The van der Waals surface area contributed by atoms with E-state index in [1.54, 1.807) is 34.5 Å². The van der Waals surface area contributed by atoms with Crippen molar-refractivity contribution in [2.75, 3.05) is 0 Å². The Hall–Kier alpha value is -2.19. The highest BCUT2D eigenvalue weighted by Gasteiger charge is 2.13. The molecule has 8 heteroatoms. The number of phenols is 1. The van der Waals surface area contributed by atoms with Gasteiger partial charge >= 0.3 is 0 Å². The lowest BCUT2D eigenvalue weighted by atomic mass is 10.1. The van der Waals surface area contributed by atoms with E-state index in [1.165, 1.54) is 11.3 Å². The monoisotopic (exact) mass is 365 g/mol. The van der Waals surface area contributed by atoms with Crippen molar-refractivity contribution in [1.82, 2.24) is 14.8 Å². The molecule has 0 saturated carbocycles. The van der Waals surface area contributed by atoms with Gasteiger partial charge in [0.05, 0.1) is 9.85 Å². The number of ether oxygens (including phenoxy) is 1. The normalized spacial score (nSPS) is 10.5. The summed E-state index contributed by atoms with van der Waals surface area (Å²) in [4.78, 5) is 14.4. The van der Waals surface area contributed by atoms with E-state index in [4.69, 9.17) is 0 Å². The fourth-order valence-electron chi connectivity index (χ4n) is 1.76. The van der Waals surface area contributed by atoms with Gasteiger partial charge in [-0.05, 0) is 28.1 Å². The number of halogens is 1. The van der Waals surface area contributed by atoms with Gasteiger partial charge in [-0.2, -0.15) is 10.1 Å². The van der Waals surface area contributed by atoms with Crippen molar-refractivity contribution >= 4 is 33.7 Å². The van der Waals surface area contributed by atoms with E-state index >= 15 is 0 Å². The average Bonchev–Trinajstić information content (AvgIpc) is 3.06. The average molecular weight is 366 g/mol. The molecule has 0 bridgehead atoms. The maximum Gasteiger partial charge on any atom is 0.299 e. The van der Waals surface area contributed by atoms with E-state index in [1.807, 2.05) is 6.07 Å². The zero-order valence-corrected chi connectivity index (χ0v) is 12.8. The van der Waals surface area contributed by atoms with Crippen molar-refractivity contribution in [2.24, 2.45) is 0 Å². The van der Waals surface area contributed by atoms with Crippen LogP contribution in [-0.4, -0.2) is 26.3 Å². The van der Waals surface area contributed by atoms with Crippen LogP contribution in [0.2, 0.25) is 0 Å². The molecule has 3 aromatic rings. The van der Waals surface area contributed by atoms with E-state index in [-0.39, 0.29) is 11.6 Å². The molecule has 106 valence electrons. The summed E-state index contributed by atoms with van der Waals surface area (Å²) in [5.74, 6) is 0.403. The minimum Gasteiger partial charge on any atom is -0.508 e. The number of nitrogens with zero attached hydrogens (tertiary/aromatic N) is 3. The van der Waals surface area contributed by atoms with Gasteiger partial charge in [0.1, 0.15) is 11.4 Å². The lowest BCUT2D eigenvalue weighted by Crippen LogP contribution is -1.95. The molecule has 0 spiro atoms. The number of aromatic hydroxyl groups is 1. The van der Waals surface area contributed by atoms with Crippen molar-refractivity contribution in [1.29, 1.82) is 0 Å². The van der Waals surface area contributed by atoms with Crippen LogP contribution in [0.4, 0.5) is 0 Å². The van der Waals surface area contributed by atoms with Gasteiger partial charge in [0.25, 0.3) is 6.47 Å². The highest BCUT2D eigenvalue weighted by Crippen LogP contribution is 2.30. The molecule has 1 aromatic carbocycles. The first-order valence-electron chi connectivity index (χ1n) is 5.78. The van der Waals surface area contributed by atoms with Crippen LogP contribution in [0.5, 0.6) is 11.6 Å². The van der Waals surface area contributed by atoms with Crippen LogP contribution in [0.25, 0.3) is 16.4 Å². The number of hydrogen-bond donors (Lipinski definition) is 1. The summed E-state index contributed by atoms with van der Waals surface area (Å²) in [5, 5.41) is 16.2. The molecule has 0 atom stereocenters. The van der Waals surface area contributed by atoms with Gasteiger partial charge in [-0.3, -0.25) is 4.79 Å². The van der Waals surface area contributed by atoms with Crippen molar-refractivity contribution in [2.45, 2.75) is 0 Å². The first-order chi connectivity index (χ1) is 10.2. The van der Waals surface area contributed by atoms with Gasteiger partial charge in [-0.1, -0.05) is 23.5 Å². The molecule has 0 unspecified atom stereocenters. The highest BCUT2D eigenvalue weighted by atomic mass is 79.9. The summed E-state index contributed by atoms with van der Waals surface area (Å²) >= 11 is 4.74. The largest absolute Gasteiger partial charge is 0.508 e. The standard InChI is InChI=1S/C13H8BrN3O3S/c14-10-5-17(13-15-11(6-21-13)20-7-18)16-12(10)8-2-1-3-9(19)4-8/h1-7,19H. The lowest BCUT2D eigenvalue weighted by Gasteiger charge is -1.98. The quantitative estimate of drug-likeness (QED) is 0.719. The van der Waals surface area contributed by atoms with E-state index in [0.717, 1.165) is 10.0 Å². The second-order valence-corrected chi connectivity index (χ2v) is 5.69. The molecule has 0 aliphatic heterocycles. The molecular weight excluding hydrogens is 358 g/mol. The zero-order valence-electron chi connectivity index (χ0n) is 10.4. The van der Waals surface area contributed by atoms with Gasteiger partial charge in [-0.25, -0.2) is 4.68 Å². The van der Waals surface area contributed by atoms with E-state index < -0.39 is 0 Å². The molecule has 0 saturated heterocycles. The van der Waals surface area contributed by atoms with E-state index in [9.17, 15) is 9.90 Å². The molecule has 6 nitrogen and oxygen atoms in total. The molecule has 2 heterocycles. The molecule has 21 heavy (non-hydrogen) atoms. The van der Waals surface area contributed by atoms with Gasteiger partial charge in [0.2, 0.25) is 11.0 Å². The Kier molecular flexibility index (Phi) is 3.72. The number of rotatable bonds is 4. The Morgan fingerprint density at radius 2 is 2.29 bits per heavy atom. The number of carbonyl (C=O) groups excluding carboxylic acids is 1. The first-order valence-corrected chi connectivity index (χ1v) is 7.45. The maximum atomic E-state index is 10.3. The Morgan fingerprint density at radius 1 is 1.43 bits per heavy atom. The number of aromatic nitrogens is 3. The van der Waals surface area contributed by atoms with E-state index in [2.05, 4.69) is 30.7 Å². The molecule has 0 aliphatic rings. The minimum absolute atomic E-state index is 0.171. The SMILES string of the molecule is O=COc1csc(-n2cc(Br)c(-c3cccc(O)c3)n2)n1. The second-order valence-electron chi connectivity index (χ2n) is 4.00. The third-order valence-corrected chi connectivity index (χ3v) is 4.01. The highest BCUT2D eigenvalue weighted by molar-refractivity contribution is 9.10. The van der Waals surface area contributed by atoms with Crippen LogP contribution in [0.15, 0.2) is 40.3 Å². The summed E-state index contributed by atoms with van der Waals surface area (Å²) in [6, 6.07) is 6.81. The van der Waals surface area contributed by atoms with Gasteiger partial charge in [0.15, 0.2) is 0 Å². The minimum atomic E-state index is 0.171. The Labute approximate surface area is 131 Å². The number of carbonyl (C=O) groups is 1. The van der Waals surface area contributed by atoms with Crippen LogP contribution in [0.3, 0.4) is 0 Å². The van der Waals surface area contributed by atoms with Crippen LogP contribution in [-0.2, 0) is 4.79 Å². The van der Waals surface area contributed by atoms with Crippen LogP contribution in [0, 0.1) is 0 Å². The number of hydrogen-bond acceptors (Lipinski definition) is 6. The van der Waals surface area contributed by atoms with Gasteiger partial charge in [-0.15, -0.1) is 0 Å². The molecule has 0 radical (unpaired) electrons. The topological polar surface area (TPSA) is 77.2 Å². The number of thiazole rings is 1. The predicted molar refractivity (Wildman–Crippen MR) is 80.7 cm³/mol. The molecule has 1 N–H and O–H groups in total. The van der Waals surface area contributed by atoms with Gasteiger partial charge in [0, 0.05) is 11.8 Å². The van der Waals surface area contributed by atoms with Crippen molar-refractivity contribution in [3.63, 3.8) is 0 Å². The molecular formula is C13H8BrN3O3S. The molecule has 0 amide bonds.